The molecule has 0 N–H and O–H groups in total. The van der Waals surface area contributed by atoms with Crippen LogP contribution in [0.15, 0.2) is 127 Å². The van der Waals surface area contributed by atoms with Gasteiger partial charge in [0.15, 0.2) is 0 Å². The molecule has 6 heteroatoms. The Labute approximate surface area is 604 Å². The van der Waals surface area contributed by atoms with E-state index in [9.17, 15) is 0 Å². The molecule has 1 aliphatic rings. The van der Waals surface area contributed by atoms with Gasteiger partial charge in [-0.3, -0.25) is 0 Å². The van der Waals surface area contributed by atoms with E-state index in [0.29, 0.717) is 22.7 Å². The van der Waals surface area contributed by atoms with Crippen molar-refractivity contribution in [2.45, 2.75) is 241 Å². The van der Waals surface area contributed by atoms with Gasteiger partial charge >= 0.3 is 0 Å². The fourth-order valence-electron chi connectivity index (χ4n) is 13.9. The van der Waals surface area contributed by atoms with Crippen molar-refractivity contribution in [2.75, 3.05) is 0 Å². The van der Waals surface area contributed by atoms with Gasteiger partial charge in [-0.15, -0.1) is 68.0 Å². The zero-order valence-corrected chi connectivity index (χ0v) is 68.8. The molecule has 0 unspecified atom stereocenters. The van der Waals surface area contributed by atoms with Crippen LogP contribution in [0, 0.1) is 104 Å². The van der Waals surface area contributed by atoms with Crippen molar-refractivity contribution in [2.24, 2.45) is 0 Å². The zero-order valence-electron chi connectivity index (χ0n) is 63.9. The lowest BCUT2D eigenvalue weighted by molar-refractivity contribution is 0.403. The van der Waals surface area contributed by atoms with Crippen LogP contribution in [-0.2, 0) is 21.7 Å². The number of rotatable bonds is 2. The van der Waals surface area contributed by atoms with Gasteiger partial charge in [-0.25, -0.2) is 0 Å². The summed E-state index contributed by atoms with van der Waals surface area (Å²) in [6.07, 6.45) is 1.26. The molecule has 13 aromatic rings. The highest BCUT2D eigenvalue weighted by Gasteiger charge is 2.41. The molecule has 1 aliphatic carbocycles. The standard InChI is InChI=1S/2C14H18S.C14H20.2C13H16S.2C11H12S/c1-9-6-7-12-11(8-9)10(2)13(15-12)14(3,4)5;1-9-6-7-11-10(2)13(14(3,4)5)15-12(11)8-9;1-10-6-7-11-12(8-10)14(4,5)9-13(11,2)3;1-8(2)13-10(4)11-7-9(3)5-6-12(11)14-13;1-8(2)13-10(4)11-6-5-9(3)7-12(11)14-13;1-7-4-5-11-10(6-7)8(2)9(3)12-11;1-7-4-5-10-8(2)9(3)12-11(10)6-7/h2*6-8H,1-5H3;6-8H,9H2,1-5H3;2*5-8H,1-4H3;2*4-6H,1-3H3. The molecule has 14 rings (SSSR count). The maximum Gasteiger partial charge on any atom is 0.0351 e. The molecule has 0 bridgehead atoms. The maximum atomic E-state index is 2.37. The summed E-state index contributed by atoms with van der Waals surface area (Å²) >= 11 is 11.6. The van der Waals surface area contributed by atoms with Gasteiger partial charge in [0.05, 0.1) is 0 Å². The van der Waals surface area contributed by atoms with Crippen molar-refractivity contribution in [1.82, 2.24) is 0 Å². The van der Waals surface area contributed by atoms with Crippen molar-refractivity contribution in [1.29, 1.82) is 0 Å². The van der Waals surface area contributed by atoms with Crippen LogP contribution >= 0.6 is 68.0 Å². The summed E-state index contributed by atoms with van der Waals surface area (Å²) in [5, 5.41) is 8.59. The van der Waals surface area contributed by atoms with E-state index in [1.165, 1.54) is 169 Å². The Morgan fingerprint density at radius 1 is 0.281 bits per heavy atom. The molecule has 6 heterocycles. The average molecular weight is 1390 g/mol. The molecule has 0 spiro atoms. The van der Waals surface area contributed by atoms with Crippen molar-refractivity contribution < 1.29 is 0 Å². The predicted octanol–water partition coefficient (Wildman–Crippen LogP) is 30.5. The molecular formula is C90H112S6. The predicted molar refractivity (Wildman–Crippen MR) is 445 cm³/mol. The molecular weight excluding hydrogens is 1270 g/mol. The van der Waals surface area contributed by atoms with Crippen molar-refractivity contribution in [3.05, 3.63) is 240 Å². The first-order chi connectivity index (χ1) is 44.7. The fourth-order valence-corrected chi connectivity index (χ4v) is 21.3. The second kappa shape index (κ2) is 30.4. The summed E-state index contributed by atoms with van der Waals surface area (Å²) in [5.41, 5.74) is 22.6. The van der Waals surface area contributed by atoms with E-state index in [0.717, 1.165) is 0 Å². The highest BCUT2D eigenvalue weighted by Crippen LogP contribution is 2.50. The number of aryl methyl sites for hydroxylation is 15. The minimum Gasteiger partial charge on any atom is -0.140 e. The largest absolute Gasteiger partial charge is 0.140 e. The molecule has 0 fully saturated rings. The van der Waals surface area contributed by atoms with Crippen LogP contribution in [0.2, 0.25) is 0 Å². The van der Waals surface area contributed by atoms with Crippen LogP contribution in [0.5, 0.6) is 0 Å². The SMILES string of the molecule is Cc1ccc2c(C)c(C(C)(C)C)sc2c1.Cc1ccc2c(C)c(C(C)C)sc2c1.Cc1ccc2c(C)c(C)sc2c1.Cc1ccc2c(c1)C(C)(C)CC2(C)C.Cc1ccc2sc(C(C)(C)C)c(C)c2c1.Cc1ccc2sc(C(C)C)c(C)c2c1.Cc1ccc2sc(C)c(C)c2c1. The van der Waals surface area contributed by atoms with E-state index in [1.807, 2.05) is 68.0 Å². The molecule has 508 valence electrons. The lowest BCUT2D eigenvalue weighted by atomic mass is 9.82. The Morgan fingerprint density at radius 2 is 0.562 bits per heavy atom. The van der Waals surface area contributed by atoms with E-state index < -0.39 is 0 Å². The van der Waals surface area contributed by atoms with E-state index in [-0.39, 0.29) is 10.8 Å². The third-order valence-electron chi connectivity index (χ3n) is 19.0. The highest BCUT2D eigenvalue weighted by molar-refractivity contribution is 7.21. The number of hydrogen-bond acceptors (Lipinski definition) is 6. The van der Waals surface area contributed by atoms with Crippen LogP contribution < -0.4 is 0 Å². The van der Waals surface area contributed by atoms with E-state index in [4.69, 9.17) is 0 Å². The van der Waals surface area contributed by atoms with Crippen molar-refractivity contribution >= 4 is 129 Å². The van der Waals surface area contributed by atoms with Gasteiger partial charge in [0, 0.05) is 57.5 Å². The average Bonchev–Trinajstić information content (AvgIpc) is 1.60. The summed E-state index contributed by atoms with van der Waals surface area (Å²) in [7, 11) is 0. The van der Waals surface area contributed by atoms with E-state index in [2.05, 4.69) is 328 Å². The lowest BCUT2D eigenvalue weighted by Crippen LogP contribution is -2.17. The number of benzene rings is 7. The smallest absolute Gasteiger partial charge is 0.0351 e. The Kier molecular flexibility index (Phi) is 24.1. The Morgan fingerprint density at radius 3 is 1.02 bits per heavy atom. The summed E-state index contributed by atoms with van der Waals surface area (Å²) < 4.78 is 8.55. The number of fused-ring (bicyclic) bond motifs is 7. The molecule has 0 saturated heterocycles. The first-order valence-corrected chi connectivity index (χ1v) is 39.6. The summed E-state index contributed by atoms with van der Waals surface area (Å²) in [5.74, 6) is 1.29. The molecule has 96 heavy (non-hydrogen) atoms. The van der Waals surface area contributed by atoms with Crippen LogP contribution in [0.4, 0.5) is 0 Å². The van der Waals surface area contributed by atoms with Gasteiger partial charge in [-0.1, -0.05) is 210 Å². The number of thiophene rings is 6. The van der Waals surface area contributed by atoms with Gasteiger partial charge in [0.2, 0.25) is 0 Å². The second-order valence-corrected chi connectivity index (χ2v) is 38.4. The van der Waals surface area contributed by atoms with E-state index >= 15 is 0 Å². The van der Waals surface area contributed by atoms with Gasteiger partial charge in [-0.05, 0) is 274 Å². The maximum absolute atomic E-state index is 2.37. The monoisotopic (exact) mass is 1380 g/mol. The Balaban J connectivity index is 0.000000143. The van der Waals surface area contributed by atoms with Gasteiger partial charge in [0.1, 0.15) is 0 Å². The second-order valence-electron chi connectivity index (χ2n) is 31.7. The topological polar surface area (TPSA) is 0 Å². The number of hydrogen-bond donors (Lipinski definition) is 0. The Bertz CT molecular complexity index is 4850. The van der Waals surface area contributed by atoms with Crippen molar-refractivity contribution in [3.63, 3.8) is 0 Å². The van der Waals surface area contributed by atoms with Crippen LogP contribution in [0.25, 0.3) is 60.5 Å². The molecule has 6 aromatic heterocycles. The third kappa shape index (κ3) is 17.6. The van der Waals surface area contributed by atoms with Crippen LogP contribution in [-0.4, -0.2) is 0 Å². The minimum atomic E-state index is 0.266. The quantitative estimate of drug-likeness (QED) is 0.162. The third-order valence-corrected chi connectivity index (χ3v) is 27.9. The van der Waals surface area contributed by atoms with E-state index in [1.54, 1.807) is 11.1 Å². The molecule has 0 saturated carbocycles. The van der Waals surface area contributed by atoms with Crippen LogP contribution in [0.3, 0.4) is 0 Å². The molecule has 0 amide bonds. The summed E-state index contributed by atoms with van der Waals surface area (Å²) in [4.78, 5) is 8.98. The van der Waals surface area contributed by atoms with Gasteiger partial charge < -0.3 is 0 Å². The van der Waals surface area contributed by atoms with Gasteiger partial charge in [0.25, 0.3) is 0 Å². The highest BCUT2D eigenvalue weighted by atomic mass is 32.1. The molecule has 0 nitrogen and oxygen atoms in total. The first-order valence-electron chi connectivity index (χ1n) is 34.7. The molecule has 0 atom stereocenters. The normalized spacial score (nSPS) is 13.2. The summed E-state index contributed by atoms with van der Waals surface area (Å²) in [6.45, 7) is 65.1. The summed E-state index contributed by atoms with van der Waals surface area (Å²) in [6, 6.07) is 47.2. The van der Waals surface area contributed by atoms with Crippen LogP contribution in [0.1, 0.15) is 228 Å². The fraction of sp³-hybridized carbons (Fsp3) is 0.400. The zero-order chi connectivity index (χ0) is 71.0. The Hall–Kier alpha value is -5.70. The van der Waals surface area contributed by atoms with Crippen molar-refractivity contribution in [3.8, 4) is 0 Å². The minimum absolute atomic E-state index is 0.266. The molecule has 7 aromatic carbocycles. The molecule has 0 radical (unpaired) electrons. The van der Waals surface area contributed by atoms with Gasteiger partial charge in [-0.2, -0.15) is 0 Å². The lowest BCUT2D eigenvalue weighted by Gasteiger charge is -2.22. The first kappa shape index (κ1) is 76.1. The molecule has 0 aliphatic heterocycles.